The number of carbonyl (C=O) groups excluding carboxylic acids is 2. The topological polar surface area (TPSA) is 85.3 Å². The molecule has 80 valence electrons. The maximum absolute atomic E-state index is 11.0. The fourth-order valence-electron chi connectivity index (χ4n) is 0.959. The van der Waals surface area contributed by atoms with Crippen LogP contribution in [0.15, 0.2) is 24.5 Å². The van der Waals surface area contributed by atoms with E-state index in [0.29, 0.717) is 5.56 Å². The molecule has 0 aliphatic heterocycles. The summed E-state index contributed by atoms with van der Waals surface area (Å²) in [4.78, 5) is 21.9. The minimum Gasteiger partial charge on any atom is -0.446 e. The van der Waals surface area contributed by atoms with Gasteiger partial charge in [-0.05, 0) is 13.0 Å². The summed E-state index contributed by atoms with van der Waals surface area (Å²) in [6.45, 7) is 1.98. The van der Waals surface area contributed by atoms with E-state index in [1.54, 1.807) is 25.3 Å². The Hall–Kier alpha value is -2.11. The monoisotopic (exact) mass is 210 g/mol. The molecule has 0 aliphatic rings. The Morgan fingerprint density at radius 1 is 1.60 bits per heavy atom. The second-order valence-electron chi connectivity index (χ2n) is 2.70. The smallest absolute Gasteiger partial charge is 0.446 e. The largest absolute Gasteiger partial charge is 0.461 e. The van der Waals surface area contributed by atoms with Gasteiger partial charge in [-0.1, -0.05) is 10.1 Å². The van der Waals surface area contributed by atoms with Crippen LogP contribution in [0.5, 0.6) is 0 Å². The van der Waals surface area contributed by atoms with Crippen molar-refractivity contribution in [3.8, 4) is 0 Å². The summed E-state index contributed by atoms with van der Waals surface area (Å²) < 4.78 is 5.96. The SMILES string of the molecule is CCOC(=O)N[n+]1cccc(C(N)=O)c1. The Balaban J connectivity index is 2.73. The van der Waals surface area contributed by atoms with Gasteiger partial charge in [-0.25, -0.2) is 4.79 Å². The maximum Gasteiger partial charge on any atom is 0.461 e. The molecule has 2 amide bonds. The number of nitrogens with one attached hydrogen (secondary N) is 1. The van der Waals surface area contributed by atoms with Gasteiger partial charge in [0, 0.05) is 6.07 Å². The van der Waals surface area contributed by atoms with Crippen LogP contribution < -0.4 is 15.8 Å². The second kappa shape index (κ2) is 4.94. The van der Waals surface area contributed by atoms with Gasteiger partial charge in [0.25, 0.3) is 5.91 Å². The molecule has 1 heterocycles. The Bertz CT molecular complexity index is 379. The third kappa shape index (κ3) is 3.26. The van der Waals surface area contributed by atoms with Gasteiger partial charge >= 0.3 is 6.09 Å². The number of carbonyl (C=O) groups is 2. The molecule has 3 N–H and O–H groups in total. The van der Waals surface area contributed by atoms with Gasteiger partial charge in [-0.3, -0.25) is 4.79 Å². The molecular weight excluding hydrogens is 198 g/mol. The van der Waals surface area contributed by atoms with Crippen LogP contribution in [0.3, 0.4) is 0 Å². The zero-order valence-electron chi connectivity index (χ0n) is 8.27. The molecule has 0 bridgehead atoms. The number of hydrogen-bond donors (Lipinski definition) is 2. The zero-order chi connectivity index (χ0) is 11.3. The summed E-state index contributed by atoms with van der Waals surface area (Å²) in [6.07, 6.45) is 2.37. The van der Waals surface area contributed by atoms with E-state index in [2.05, 4.69) is 10.2 Å². The summed E-state index contributed by atoms with van der Waals surface area (Å²) in [5.74, 6) is -0.560. The van der Waals surface area contributed by atoms with E-state index < -0.39 is 12.0 Å². The van der Waals surface area contributed by atoms with Crippen LogP contribution >= 0.6 is 0 Å². The second-order valence-corrected chi connectivity index (χ2v) is 2.70. The van der Waals surface area contributed by atoms with Crippen LogP contribution in [0.25, 0.3) is 0 Å². The number of nitrogens with zero attached hydrogens (tertiary/aromatic N) is 1. The number of amides is 2. The highest BCUT2D eigenvalue weighted by atomic mass is 16.5. The number of hydrogen-bond acceptors (Lipinski definition) is 3. The van der Waals surface area contributed by atoms with Crippen LogP contribution in [0.1, 0.15) is 17.3 Å². The van der Waals surface area contributed by atoms with Crippen molar-refractivity contribution in [2.45, 2.75) is 6.92 Å². The first kappa shape index (κ1) is 11.0. The molecule has 0 fully saturated rings. The molecule has 0 saturated carbocycles. The summed E-state index contributed by atoms with van der Waals surface area (Å²) in [5.41, 5.74) is 7.76. The van der Waals surface area contributed by atoms with Crippen LogP contribution in [-0.4, -0.2) is 18.6 Å². The lowest BCUT2D eigenvalue weighted by atomic mass is 10.3. The summed E-state index contributed by atoms with van der Waals surface area (Å²) in [6, 6.07) is 3.14. The predicted molar refractivity (Wildman–Crippen MR) is 51.5 cm³/mol. The highest BCUT2D eigenvalue weighted by molar-refractivity contribution is 5.92. The van der Waals surface area contributed by atoms with Gasteiger partial charge in [0.15, 0.2) is 6.20 Å². The zero-order valence-corrected chi connectivity index (χ0v) is 8.27. The van der Waals surface area contributed by atoms with Crippen LogP contribution in [0.2, 0.25) is 0 Å². The molecule has 1 aromatic rings. The molecule has 6 nitrogen and oxygen atoms in total. The van der Waals surface area contributed by atoms with Crippen molar-refractivity contribution in [2.75, 3.05) is 12.0 Å². The van der Waals surface area contributed by atoms with Crippen molar-refractivity contribution in [3.63, 3.8) is 0 Å². The Labute approximate surface area is 86.6 Å². The van der Waals surface area contributed by atoms with Crippen LogP contribution in [-0.2, 0) is 4.74 Å². The average Bonchev–Trinajstić information content (AvgIpc) is 2.18. The number of ether oxygens (including phenoxy) is 1. The van der Waals surface area contributed by atoms with Gasteiger partial charge in [0.1, 0.15) is 5.56 Å². The summed E-state index contributed by atoms with van der Waals surface area (Å²) in [5, 5.41) is 0. The first-order valence-electron chi connectivity index (χ1n) is 4.38. The fourth-order valence-corrected chi connectivity index (χ4v) is 0.959. The Morgan fingerprint density at radius 2 is 2.33 bits per heavy atom. The van der Waals surface area contributed by atoms with Crippen molar-refractivity contribution < 1.29 is 19.0 Å². The van der Waals surface area contributed by atoms with E-state index in [-0.39, 0.29) is 6.61 Å². The van der Waals surface area contributed by atoms with E-state index in [1.807, 2.05) is 0 Å². The quantitative estimate of drug-likeness (QED) is 0.676. The van der Waals surface area contributed by atoms with Crippen molar-refractivity contribution in [1.82, 2.24) is 0 Å². The highest BCUT2D eigenvalue weighted by Crippen LogP contribution is 1.91. The lowest BCUT2D eigenvalue weighted by Gasteiger charge is -1.99. The number of rotatable bonds is 3. The lowest BCUT2D eigenvalue weighted by Crippen LogP contribution is -2.48. The third-order valence-corrected chi connectivity index (χ3v) is 1.58. The molecule has 0 saturated heterocycles. The predicted octanol–water partition coefficient (Wildman–Crippen LogP) is -0.227. The molecule has 15 heavy (non-hydrogen) atoms. The standard InChI is InChI=1S/C9H11N3O3/c1-2-15-9(14)11-12-5-3-4-7(6-12)8(10)13/h3-6H,2H2,1H3,(H2-,10,11,13,14)/p+1. The van der Waals surface area contributed by atoms with Crippen molar-refractivity contribution in [2.24, 2.45) is 5.73 Å². The van der Waals surface area contributed by atoms with Crippen LogP contribution in [0, 0.1) is 0 Å². The number of pyridine rings is 1. The summed E-state index contributed by atoms with van der Waals surface area (Å²) in [7, 11) is 0. The molecule has 0 aromatic carbocycles. The average molecular weight is 210 g/mol. The molecular formula is C9H12N3O3+. The first-order valence-corrected chi connectivity index (χ1v) is 4.38. The van der Waals surface area contributed by atoms with E-state index in [1.165, 1.54) is 10.9 Å². The summed E-state index contributed by atoms with van der Waals surface area (Å²) >= 11 is 0. The number of primary amides is 1. The van der Waals surface area contributed by atoms with Crippen molar-refractivity contribution in [3.05, 3.63) is 30.1 Å². The Kier molecular flexibility index (Phi) is 3.61. The van der Waals surface area contributed by atoms with E-state index in [0.717, 1.165) is 0 Å². The van der Waals surface area contributed by atoms with E-state index in [4.69, 9.17) is 5.73 Å². The van der Waals surface area contributed by atoms with E-state index in [9.17, 15) is 9.59 Å². The maximum atomic E-state index is 11.0. The molecule has 0 aliphatic carbocycles. The van der Waals surface area contributed by atoms with Gasteiger partial charge < -0.3 is 10.5 Å². The minimum atomic E-state index is -0.593. The minimum absolute atomic E-state index is 0.280. The molecule has 6 heteroatoms. The van der Waals surface area contributed by atoms with E-state index >= 15 is 0 Å². The molecule has 0 atom stereocenters. The van der Waals surface area contributed by atoms with Crippen molar-refractivity contribution in [1.29, 1.82) is 0 Å². The van der Waals surface area contributed by atoms with Gasteiger partial charge in [-0.2, -0.15) is 0 Å². The van der Waals surface area contributed by atoms with Crippen molar-refractivity contribution >= 4 is 12.0 Å². The molecule has 0 spiro atoms. The van der Waals surface area contributed by atoms with Crippen LogP contribution in [0.4, 0.5) is 4.79 Å². The molecule has 0 radical (unpaired) electrons. The molecule has 0 unspecified atom stereocenters. The highest BCUT2D eigenvalue weighted by Gasteiger charge is 2.10. The normalized spacial score (nSPS) is 9.40. The lowest BCUT2D eigenvalue weighted by molar-refractivity contribution is -0.642. The van der Waals surface area contributed by atoms with Gasteiger partial charge in [0.05, 0.1) is 6.61 Å². The Morgan fingerprint density at radius 3 is 2.93 bits per heavy atom. The van der Waals surface area contributed by atoms with Gasteiger partial charge in [0.2, 0.25) is 6.20 Å². The number of nitrogens with two attached hydrogens (primary N) is 1. The van der Waals surface area contributed by atoms with Gasteiger partial charge in [-0.15, -0.1) is 0 Å². The third-order valence-electron chi connectivity index (χ3n) is 1.58. The first-order chi connectivity index (χ1) is 7.13. The number of aromatic nitrogens is 1. The fraction of sp³-hybridized carbons (Fsp3) is 0.222. The molecule has 1 rings (SSSR count). The molecule has 1 aromatic heterocycles.